The smallest absolute Gasteiger partial charge is 0.257 e. The molecule has 2 heterocycles. The van der Waals surface area contributed by atoms with Crippen molar-refractivity contribution in [3.8, 4) is 0 Å². The quantitative estimate of drug-likeness (QED) is 0.806. The molecule has 0 fully saturated rings. The maximum atomic E-state index is 12.6. The molecule has 5 heteroatoms. The number of pyridine rings is 2. The third-order valence-electron chi connectivity index (χ3n) is 2.93. The molecular formula is C15H16BrN3O. The van der Waals surface area contributed by atoms with Gasteiger partial charge in [-0.1, -0.05) is 6.07 Å². The minimum absolute atomic E-state index is 0.0503. The van der Waals surface area contributed by atoms with Gasteiger partial charge in [0.2, 0.25) is 0 Å². The van der Waals surface area contributed by atoms with Crippen LogP contribution >= 0.6 is 15.9 Å². The minimum Gasteiger partial charge on any atom is -0.330 e. The molecule has 0 N–H and O–H groups in total. The summed E-state index contributed by atoms with van der Waals surface area (Å²) in [6.07, 6.45) is 3.39. The van der Waals surface area contributed by atoms with E-state index in [1.54, 1.807) is 29.4 Å². The molecule has 104 valence electrons. The summed E-state index contributed by atoms with van der Waals surface area (Å²) in [5.74, 6) is -0.0503. The number of halogens is 1. The summed E-state index contributed by atoms with van der Waals surface area (Å²) in [4.78, 5) is 22.8. The third-order valence-corrected chi connectivity index (χ3v) is 3.56. The predicted molar refractivity (Wildman–Crippen MR) is 81.2 cm³/mol. The topological polar surface area (TPSA) is 46.1 Å². The molecule has 0 aromatic carbocycles. The van der Waals surface area contributed by atoms with Gasteiger partial charge in [0.15, 0.2) is 0 Å². The van der Waals surface area contributed by atoms with Crippen LogP contribution in [0.1, 0.15) is 29.9 Å². The van der Waals surface area contributed by atoms with Crippen molar-refractivity contribution < 1.29 is 4.79 Å². The Morgan fingerprint density at radius 2 is 1.95 bits per heavy atom. The number of carbonyl (C=O) groups excluding carboxylic acids is 1. The van der Waals surface area contributed by atoms with Crippen LogP contribution < -0.4 is 0 Å². The predicted octanol–water partition coefficient (Wildman–Crippen LogP) is 3.29. The molecule has 0 bridgehead atoms. The lowest BCUT2D eigenvalue weighted by Gasteiger charge is -2.26. The van der Waals surface area contributed by atoms with Gasteiger partial charge in [0.25, 0.3) is 5.91 Å². The third kappa shape index (κ3) is 3.42. The van der Waals surface area contributed by atoms with Crippen molar-refractivity contribution in [3.05, 3.63) is 58.6 Å². The molecule has 0 atom stereocenters. The molecule has 2 rings (SSSR count). The molecule has 0 saturated carbocycles. The molecule has 0 saturated heterocycles. The van der Waals surface area contributed by atoms with E-state index in [0.717, 1.165) is 5.69 Å². The van der Waals surface area contributed by atoms with E-state index in [2.05, 4.69) is 25.9 Å². The number of rotatable bonds is 4. The van der Waals surface area contributed by atoms with Crippen LogP contribution in [-0.2, 0) is 6.54 Å². The molecule has 0 radical (unpaired) electrons. The fourth-order valence-corrected chi connectivity index (χ4v) is 2.28. The number of hydrogen-bond acceptors (Lipinski definition) is 3. The number of hydrogen-bond donors (Lipinski definition) is 0. The minimum atomic E-state index is -0.0503. The number of amides is 1. The first-order chi connectivity index (χ1) is 9.59. The lowest BCUT2D eigenvalue weighted by atomic mass is 10.2. The summed E-state index contributed by atoms with van der Waals surface area (Å²) in [6.45, 7) is 4.47. The molecule has 1 amide bonds. The second-order valence-corrected chi connectivity index (χ2v) is 5.44. The Labute approximate surface area is 127 Å². The van der Waals surface area contributed by atoms with E-state index >= 15 is 0 Å². The van der Waals surface area contributed by atoms with E-state index in [1.807, 2.05) is 32.0 Å². The van der Waals surface area contributed by atoms with Crippen LogP contribution in [0.25, 0.3) is 0 Å². The zero-order chi connectivity index (χ0) is 14.5. The summed E-state index contributed by atoms with van der Waals surface area (Å²) < 4.78 is 0.566. The standard InChI is InChI=1S/C15H16BrN3O/c1-11(2)19(10-12-6-3-4-8-17-12)15(20)13-7-5-9-18-14(13)16/h3-9,11H,10H2,1-2H3. The van der Waals surface area contributed by atoms with Gasteiger partial charge in [-0.2, -0.15) is 0 Å². The van der Waals surface area contributed by atoms with E-state index in [4.69, 9.17) is 0 Å². The maximum absolute atomic E-state index is 12.6. The average Bonchev–Trinajstić information content (AvgIpc) is 2.45. The average molecular weight is 334 g/mol. The summed E-state index contributed by atoms with van der Waals surface area (Å²) in [7, 11) is 0. The van der Waals surface area contributed by atoms with Gasteiger partial charge in [0.05, 0.1) is 17.8 Å². The van der Waals surface area contributed by atoms with E-state index in [-0.39, 0.29) is 11.9 Å². The molecule has 4 nitrogen and oxygen atoms in total. The maximum Gasteiger partial charge on any atom is 0.257 e. The Morgan fingerprint density at radius 1 is 1.20 bits per heavy atom. The van der Waals surface area contributed by atoms with Crippen molar-refractivity contribution in [2.24, 2.45) is 0 Å². The van der Waals surface area contributed by atoms with Gasteiger partial charge in [-0.15, -0.1) is 0 Å². The summed E-state index contributed by atoms with van der Waals surface area (Å²) in [6, 6.07) is 9.32. The van der Waals surface area contributed by atoms with Crippen LogP contribution in [0.2, 0.25) is 0 Å². The second kappa shape index (κ2) is 6.61. The van der Waals surface area contributed by atoms with Crippen molar-refractivity contribution >= 4 is 21.8 Å². The highest BCUT2D eigenvalue weighted by atomic mass is 79.9. The van der Waals surface area contributed by atoms with Crippen LogP contribution in [0.3, 0.4) is 0 Å². The summed E-state index contributed by atoms with van der Waals surface area (Å²) in [5, 5.41) is 0. The Kier molecular flexibility index (Phi) is 4.84. The van der Waals surface area contributed by atoms with Crippen molar-refractivity contribution in [2.45, 2.75) is 26.4 Å². The largest absolute Gasteiger partial charge is 0.330 e. The van der Waals surface area contributed by atoms with Gasteiger partial charge in [-0.05, 0) is 54.0 Å². The van der Waals surface area contributed by atoms with Gasteiger partial charge in [-0.3, -0.25) is 9.78 Å². The van der Waals surface area contributed by atoms with Crippen molar-refractivity contribution in [1.82, 2.24) is 14.9 Å². The van der Waals surface area contributed by atoms with E-state index in [1.165, 1.54) is 0 Å². The van der Waals surface area contributed by atoms with Crippen LogP contribution in [0.4, 0.5) is 0 Å². The summed E-state index contributed by atoms with van der Waals surface area (Å²) in [5.41, 5.74) is 1.44. The molecule has 20 heavy (non-hydrogen) atoms. The van der Waals surface area contributed by atoms with Crippen molar-refractivity contribution in [2.75, 3.05) is 0 Å². The first-order valence-electron chi connectivity index (χ1n) is 6.41. The highest BCUT2D eigenvalue weighted by molar-refractivity contribution is 9.10. The van der Waals surface area contributed by atoms with Gasteiger partial charge >= 0.3 is 0 Å². The van der Waals surface area contributed by atoms with Gasteiger partial charge in [0.1, 0.15) is 4.60 Å². The Balaban J connectivity index is 2.25. The fraction of sp³-hybridized carbons (Fsp3) is 0.267. The molecule has 0 aliphatic heterocycles. The van der Waals surface area contributed by atoms with Crippen LogP contribution in [-0.4, -0.2) is 26.8 Å². The van der Waals surface area contributed by atoms with Crippen LogP contribution in [0.15, 0.2) is 47.3 Å². The Morgan fingerprint density at radius 3 is 2.55 bits per heavy atom. The Hall–Kier alpha value is -1.75. The number of carbonyl (C=O) groups is 1. The highest BCUT2D eigenvalue weighted by Crippen LogP contribution is 2.18. The first kappa shape index (κ1) is 14.7. The van der Waals surface area contributed by atoms with Crippen LogP contribution in [0, 0.1) is 0 Å². The lowest BCUT2D eigenvalue weighted by molar-refractivity contribution is 0.0686. The lowest BCUT2D eigenvalue weighted by Crippen LogP contribution is -2.36. The van der Waals surface area contributed by atoms with Gasteiger partial charge in [0, 0.05) is 18.4 Å². The molecule has 0 unspecified atom stereocenters. The van der Waals surface area contributed by atoms with E-state index < -0.39 is 0 Å². The van der Waals surface area contributed by atoms with Crippen LogP contribution in [0.5, 0.6) is 0 Å². The Bertz CT molecular complexity index is 587. The molecule has 0 spiro atoms. The zero-order valence-corrected chi connectivity index (χ0v) is 13.0. The first-order valence-corrected chi connectivity index (χ1v) is 7.20. The molecule has 0 aliphatic carbocycles. The van der Waals surface area contributed by atoms with E-state index in [9.17, 15) is 4.79 Å². The highest BCUT2D eigenvalue weighted by Gasteiger charge is 2.21. The molecular weight excluding hydrogens is 318 g/mol. The normalized spacial score (nSPS) is 10.6. The number of aromatic nitrogens is 2. The summed E-state index contributed by atoms with van der Waals surface area (Å²) >= 11 is 3.33. The zero-order valence-electron chi connectivity index (χ0n) is 11.5. The van der Waals surface area contributed by atoms with Gasteiger partial charge < -0.3 is 4.90 Å². The SMILES string of the molecule is CC(C)N(Cc1ccccn1)C(=O)c1cccnc1Br. The van der Waals surface area contributed by atoms with Crippen molar-refractivity contribution in [1.29, 1.82) is 0 Å². The molecule has 2 aromatic rings. The van der Waals surface area contributed by atoms with Gasteiger partial charge in [-0.25, -0.2) is 4.98 Å². The van der Waals surface area contributed by atoms with E-state index in [0.29, 0.717) is 16.7 Å². The number of nitrogens with zero attached hydrogens (tertiary/aromatic N) is 3. The monoisotopic (exact) mass is 333 g/mol. The molecule has 0 aliphatic rings. The molecule has 2 aromatic heterocycles. The van der Waals surface area contributed by atoms with Crippen molar-refractivity contribution in [3.63, 3.8) is 0 Å². The second-order valence-electron chi connectivity index (χ2n) is 4.69. The fourth-order valence-electron chi connectivity index (χ4n) is 1.86.